The normalized spacial score (nSPS) is 23.1. The van der Waals surface area contributed by atoms with Crippen LogP contribution in [0.5, 0.6) is 0 Å². The average molecular weight is 488 g/mol. The van der Waals surface area contributed by atoms with Crippen LogP contribution in [0.2, 0.25) is 0 Å². The van der Waals surface area contributed by atoms with Crippen LogP contribution in [0.25, 0.3) is 0 Å². The standard InChI is InChI=1S/C29H33N3O2S/c1-21-13-17-24(18-14-21)28-29(32(28)25-11-7-4-8-12-25)27(23-9-5-3-6-10-23)30-31-35(33,34)26-19-15-22(2)16-20-26/h3,5-6,9-10,13-20,25,28-29,31H,4,7-8,11-12H2,1-2H3/b30-27+/t28-,29+,32?/m1/s1. The molecule has 3 aromatic rings. The molecular weight excluding hydrogens is 454 g/mol. The number of benzene rings is 3. The molecule has 0 radical (unpaired) electrons. The van der Waals surface area contributed by atoms with E-state index < -0.39 is 10.0 Å². The molecule has 1 heterocycles. The molecule has 5 nitrogen and oxygen atoms in total. The maximum atomic E-state index is 13.1. The summed E-state index contributed by atoms with van der Waals surface area (Å²) in [6.07, 6.45) is 6.13. The summed E-state index contributed by atoms with van der Waals surface area (Å²) < 4.78 is 26.1. The summed E-state index contributed by atoms with van der Waals surface area (Å²) in [6.45, 7) is 4.04. The number of hydrazone groups is 1. The summed E-state index contributed by atoms with van der Waals surface area (Å²) in [4.78, 5) is 5.32. The molecule has 0 spiro atoms. The van der Waals surface area contributed by atoms with Gasteiger partial charge >= 0.3 is 0 Å². The minimum absolute atomic E-state index is 0.0314. The Balaban J connectivity index is 1.52. The van der Waals surface area contributed by atoms with Crippen molar-refractivity contribution in [3.8, 4) is 0 Å². The number of hydrogen-bond acceptors (Lipinski definition) is 4. The first-order valence-electron chi connectivity index (χ1n) is 12.5. The fourth-order valence-electron chi connectivity index (χ4n) is 5.28. The highest BCUT2D eigenvalue weighted by Crippen LogP contribution is 2.49. The van der Waals surface area contributed by atoms with E-state index in [2.05, 4.69) is 46.0 Å². The van der Waals surface area contributed by atoms with E-state index >= 15 is 0 Å². The van der Waals surface area contributed by atoms with Crippen LogP contribution in [0.15, 0.2) is 88.9 Å². The lowest BCUT2D eigenvalue weighted by atomic mass is 9.95. The minimum atomic E-state index is -3.77. The molecule has 1 aliphatic carbocycles. The van der Waals surface area contributed by atoms with Crippen LogP contribution in [0, 0.1) is 13.8 Å². The van der Waals surface area contributed by atoms with Gasteiger partial charge in [0.2, 0.25) is 0 Å². The van der Waals surface area contributed by atoms with Crippen LogP contribution >= 0.6 is 0 Å². The van der Waals surface area contributed by atoms with Gasteiger partial charge in [-0.05, 0) is 49.9 Å². The van der Waals surface area contributed by atoms with Crippen molar-refractivity contribution in [1.82, 2.24) is 9.73 Å². The third-order valence-electron chi connectivity index (χ3n) is 7.23. The molecule has 0 amide bonds. The Morgan fingerprint density at radius 3 is 2.06 bits per heavy atom. The fraction of sp³-hybridized carbons (Fsp3) is 0.345. The summed E-state index contributed by atoms with van der Waals surface area (Å²) in [6, 6.07) is 26.2. The summed E-state index contributed by atoms with van der Waals surface area (Å²) in [5.74, 6) is 0. The summed E-state index contributed by atoms with van der Waals surface area (Å²) >= 11 is 0. The van der Waals surface area contributed by atoms with Crippen molar-refractivity contribution in [1.29, 1.82) is 0 Å². The van der Waals surface area contributed by atoms with Gasteiger partial charge in [0.25, 0.3) is 10.0 Å². The quantitative estimate of drug-likeness (QED) is 0.262. The SMILES string of the molecule is Cc1ccc([C@@H]2[C@H](/C(=N/NS(=O)(=O)c3ccc(C)cc3)c3ccccc3)N2C2CCCCC2)cc1. The number of aryl methyl sites for hydroxylation is 2. The van der Waals surface area contributed by atoms with Crippen molar-refractivity contribution >= 4 is 15.7 Å². The number of nitrogens with one attached hydrogen (secondary N) is 1. The van der Waals surface area contributed by atoms with Gasteiger partial charge in [-0.3, -0.25) is 4.90 Å². The van der Waals surface area contributed by atoms with Gasteiger partial charge in [0.05, 0.1) is 22.7 Å². The van der Waals surface area contributed by atoms with E-state index in [1.165, 1.54) is 43.2 Å². The highest BCUT2D eigenvalue weighted by molar-refractivity contribution is 7.89. The zero-order chi connectivity index (χ0) is 24.4. The van der Waals surface area contributed by atoms with Crippen molar-refractivity contribution in [3.05, 3.63) is 101 Å². The lowest BCUT2D eigenvalue weighted by Crippen LogP contribution is -2.28. The highest BCUT2D eigenvalue weighted by Gasteiger charge is 2.55. The van der Waals surface area contributed by atoms with Crippen molar-refractivity contribution in [3.63, 3.8) is 0 Å². The zero-order valence-electron chi connectivity index (χ0n) is 20.4. The largest absolute Gasteiger partial charge is 0.281 e. The smallest absolute Gasteiger partial charge is 0.276 e. The van der Waals surface area contributed by atoms with Gasteiger partial charge in [0.15, 0.2) is 0 Å². The summed E-state index contributed by atoms with van der Waals surface area (Å²) in [7, 11) is -3.77. The number of hydrogen-bond donors (Lipinski definition) is 1. The van der Waals surface area contributed by atoms with Gasteiger partial charge in [-0.25, -0.2) is 0 Å². The maximum absolute atomic E-state index is 13.1. The second-order valence-electron chi connectivity index (χ2n) is 9.81. The van der Waals surface area contributed by atoms with Crippen LogP contribution < -0.4 is 4.83 Å². The van der Waals surface area contributed by atoms with Crippen LogP contribution in [0.4, 0.5) is 0 Å². The number of nitrogens with zero attached hydrogens (tertiary/aromatic N) is 2. The molecule has 3 atom stereocenters. The molecule has 0 bridgehead atoms. The summed E-state index contributed by atoms with van der Waals surface area (Å²) in [5.41, 5.74) is 5.23. The van der Waals surface area contributed by atoms with Crippen molar-refractivity contribution in [2.45, 2.75) is 69.0 Å². The Morgan fingerprint density at radius 2 is 1.43 bits per heavy atom. The molecule has 1 aliphatic heterocycles. The first-order valence-corrected chi connectivity index (χ1v) is 14.0. The summed E-state index contributed by atoms with van der Waals surface area (Å²) in [5, 5.41) is 4.60. The monoisotopic (exact) mass is 487 g/mol. The van der Waals surface area contributed by atoms with E-state index in [4.69, 9.17) is 0 Å². The predicted molar refractivity (Wildman–Crippen MR) is 141 cm³/mol. The second kappa shape index (κ2) is 9.96. The van der Waals surface area contributed by atoms with E-state index in [9.17, 15) is 8.42 Å². The lowest BCUT2D eigenvalue weighted by Gasteiger charge is -2.24. The lowest BCUT2D eigenvalue weighted by molar-refractivity contribution is 0.277. The Hall–Kier alpha value is -2.96. The van der Waals surface area contributed by atoms with Gasteiger partial charge in [-0.15, -0.1) is 0 Å². The molecule has 1 unspecified atom stereocenters. The fourth-order valence-corrected chi connectivity index (χ4v) is 6.10. The minimum Gasteiger partial charge on any atom is -0.281 e. The Labute approximate surface area is 208 Å². The van der Waals surface area contributed by atoms with Crippen molar-refractivity contribution < 1.29 is 8.42 Å². The average Bonchev–Trinajstić information content (AvgIpc) is 3.61. The molecule has 0 aromatic heterocycles. The van der Waals surface area contributed by atoms with Crippen LogP contribution in [-0.4, -0.2) is 31.1 Å². The third kappa shape index (κ3) is 5.19. The van der Waals surface area contributed by atoms with Gasteiger partial charge in [-0.2, -0.15) is 18.4 Å². The van der Waals surface area contributed by atoms with Gasteiger partial charge < -0.3 is 0 Å². The zero-order valence-corrected chi connectivity index (χ0v) is 21.2. The van der Waals surface area contributed by atoms with Crippen LogP contribution in [0.3, 0.4) is 0 Å². The van der Waals surface area contributed by atoms with Crippen molar-refractivity contribution in [2.75, 3.05) is 0 Å². The predicted octanol–water partition coefficient (Wildman–Crippen LogP) is 5.74. The number of rotatable bonds is 7. The Bertz CT molecular complexity index is 1280. The molecule has 5 rings (SSSR count). The second-order valence-corrected chi connectivity index (χ2v) is 11.5. The van der Waals surface area contributed by atoms with Gasteiger partial charge in [0, 0.05) is 6.04 Å². The molecule has 1 saturated heterocycles. The first-order chi connectivity index (χ1) is 16.9. The third-order valence-corrected chi connectivity index (χ3v) is 8.46. The molecule has 35 heavy (non-hydrogen) atoms. The molecule has 2 aliphatic rings. The molecule has 6 heteroatoms. The van der Waals surface area contributed by atoms with Crippen LogP contribution in [0.1, 0.15) is 60.4 Å². The Morgan fingerprint density at radius 1 is 0.829 bits per heavy atom. The topological polar surface area (TPSA) is 61.5 Å². The van der Waals surface area contributed by atoms with E-state index in [1.807, 2.05) is 37.3 Å². The molecular formula is C29H33N3O2S. The Kier molecular flexibility index (Phi) is 6.76. The van der Waals surface area contributed by atoms with Crippen LogP contribution in [-0.2, 0) is 10.0 Å². The highest BCUT2D eigenvalue weighted by atomic mass is 32.2. The molecule has 2 fully saturated rings. The number of sulfonamides is 1. The molecule has 3 aromatic carbocycles. The van der Waals surface area contributed by atoms with Gasteiger partial charge in [-0.1, -0.05) is 97.1 Å². The van der Waals surface area contributed by atoms with E-state index in [0.717, 1.165) is 16.8 Å². The molecule has 1 N–H and O–H groups in total. The first kappa shape index (κ1) is 23.8. The van der Waals surface area contributed by atoms with Gasteiger partial charge in [0.1, 0.15) is 0 Å². The van der Waals surface area contributed by atoms with E-state index in [0.29, 0.717) is 6.04 Å². The van der Waals surface area contributed by atoms with Crippen molar-refractivity contribution in [2.24, 2.45) is 5.10 Å². The molecule has 182 valence electrons. The molecule has 1 saturated carbocycles. The maximum Gasteiger partial charge on any atom is 0.276 e. The van der Waals surface area contributed by atoms with E-state index in [-0.39, 0.29) is 17.0 Å². The van der Waals surface area contributed by atoms with E-state index in [1.54, 1.807) is 24.3 Å².